The number of hydrogen-bond donors (Lipinski definition) is 0. The van der Waals surface area contributed by atoms with Crippen LogP contribution in [0.5, 0.6) is 0 Å². The van der Waals surface area contributed by atoms with Gasteiger partial charge in [0.1, 0.15) is 0 Å². The van der Waals surface area contributed by atoms with E-state index in [1.54, 1.807) is 0 Å². The van der Waals surface area contributed by atoms with Crippen molar-refractivity contribution in [2.45, 2.75) is 19.3 Å². The van der Waals surface area contributed by atoms with Crippen LogP contribution in [-0.2, 0) is 6.42 Å². The van der Waals surface area contributed by atoms with Crippen LogP contribution in [0.2, 0.25) is 0 Å². The van der Waals surface area contributed by atoms with Crippen molar-refractivity contribution in [3.63, 3.8) is 0 Å². The van der Waals surface area contributed by atoms with E-state index in [-0.39, 0.29) is 5.91 Å². The summed E-state index contributed by atoms with van der Waals surface area (Å²) >= 11 is 3.41. The third kappa shape index (κ3) is 3.77. The highest BCUT2D eigenvalue weighted by molar-refractivity contribution is 9.10. The molecule has 114 valence electrons. The van der Waals surface area contributed by atoms with Gasteiger partial charge in [0.15, 0.2) is 0 Å². The molecule has 1 heterocycles. The molecule has 0 aliphatic carbocycles. The fraction of sp³-hybridized carbons (Fsp3) is 0.316. The Morgan fingerprint density at radius 1 is 1.00 bits per heavy atom. The molecule has 0 unspecified atom stereocenters. The number of piperidine rings is 1. The molecule has 0 atom stereocenters. The van der Waals surface area contributed by atoms with E-state index in [2.05, 4.69) is 46.3 Å². The molecule has 0 aromatic heterocycles. The summed E-state index contributed by atoms with van der Waals surface area (Å²) in [4.78, 5) is 14.5. The van der Waals surface area contributed by atoms with Crippen LogP contribution < -0.4 is 0 Å². The average Bonchev–Trinajstić information content (AvgIpc) is 2.57. The summed E-state index contributed by atoms with van der Waals surface area (Å²) in [6.07, 6.45) is 3.31. The van der Waals surface area contributed by atoms with E-state index >= 15 is 0 Å². The van der Waals surface area contributed by atoms with Gasteiger partial charge in [-0.2, -0.15) is 0 Å². The Balaban J connectivity index is 1.55. The Hall–Kier alpha value is -1.61. The SMILES string of the molecule is O=C(c1ccc(Br)cc1)N1CCC(Cc2ccccc2)CC1. The van der Waals surface area contributed by atoms with E-state index in [9.17, 15) is 4.79 Å². The van der Waals surface area contributed by atoms with Crippen molar-refractivity contribution < 1.29 is 4.79 Å². The number of carbonyl (C=O) groups excluding carboxylic acids is 1. The average molecular weight is 358 g/mol. The molecule has 0 bridgehead atoms. The Kier molecular flexibility index (Phi) is 4.94. The van der Waals surface area contributed by atoms with Crippen LogP contribution in [0, 0.1) is 5.92 Å². The summed E-state index contributed by atoms with van der Waals surface area (Å²) in [5, 5.41) is 0. The maximum Gasteiger partial charge on any atom is 0.253 e. The molecule has 1 aliphatic rings. The number of nitrogens with zero attached hydrogens (tertiary/aromatic N) is 1. The summed E-state index contributed by atoms with van der Waals surface area (Å²) in [7, 11) is 0. The molecule has 0 N–H and O–H groups in total. The van der Waals surface area contributed by atoms with Crippen LogP contribution in [0.4, 0.5) is 0 Å². The maximum atomic E-state index is 12.5. The second-order valence-electron chi connectivity index (χ2n) is 5.93. The Labute approximate surface area is 140 Å². The van der Waals surface area contributed by atoms with Crippen molar-refractivity contribution in [1.82, 2.24) is 4.90 Å². The summed E-state index contributed by atoms with van der Waals surface area (Å²) in [6, 6.07) is 18.3. The fourth-order valence-electron chi connectivity index (χ4n) is 3.06. The van der Waals surface area contributed by atoms with Gasteiger partial charge in [0.25, 0.3) is 5.91 Å². The van der Waals surface area contributed by atoms with Crippen molar-refractivity contribution in [3.05, 3.63) is 70.2 Å². The summed E-state index contributed by atoms with van der Waals surface area (Å²) in [6.45, 7) is 1.73. The quantitative estimate of drug-likeness (QED) is 0.789. The number of hydrogen-bond acceptors (Lipinski definition) is 1. The molecule has 0 saturated carbocycles. The highest BCUT2D eigenvalue weighted by Crippen LogP contribution is 2.23. The van der Waals surface area contributed by atoms with Crippen molar-refractivity contribution in [3.8, 4) is 0 Å². The minimum absolute atomic E-state index is 0.158. The molecule has 2 nitrogen and oxygen atoms in total. The second kappa shape index (κ2) is 7.10. The number of benzene rings is 2. The van der Waals surface area contributed by atoms with Gasteiger partial charge in [-0.05, 0) is 55.0 Å². The van der Waals surface area contributed by atoms with Crippen LogP contribution >= 0.6 is 15.9 Å². The lowest BCUT2D eigenvalue weighted by Gasteiger charge is -2.32. The van der Waals surface area contributed by atoms with Gasteiger partial charge < -0.3 is 4.90 Å². The van der Waals surface area contributed by atoms with Gasteiger partial charge in [-0.25, -0.2) is 0 Å². The number of rotatable bonds is 3. The smallest absolute Gasteiger partial charge is 0.253 e. The molecule has 1 saturated heterocycles. The van der Waals surface area contributed by atoms with Crippen molar-refractivity contribution >= 4 is 21.8 Å². The van der Waals surface area contributed by atoms with Gasteiger partial charge in [0.05, 0.1) is 0 Å². The topological polar surface area (TPSA) is 20.3 Å². The van der Waals surface area contributed by atoms with Crippen LogP contribution in [-0.4, -0.2) is 23.9 Å². The van der Waals surface area contributed by atoms with Gasteiger partial charge in [-0.1, -0.05) is 46.3 Å². The fourth-order valence-corrected chi connectivity index (χ4v) is 3.33. The van der Waals surface area contributed by atoms with E-state index < -0.39 is 0 Å². The minimum atomic E-state index is 0.158. The predicted octanol–water partition coefficient (Wildman–Crippen LogP) is 4.54. The van der Waals surface area contributed by atoms with E-state index in [0.29, 0.717) is 5.92 Å². The lowest BCUT2D eigenvalue weighted by molar-refractivity contribution is 0.0690. The molecule has 1 amide bonds. The first-order chi connectivity index (χ1) is 10.7. The Bertz CT molecular complexity index is 616. The van der Waals surface area contributed by atoms with Crippen molar-refractivity contribution in [2.75, 3.05) is 13.1 Å². The first-order valence-corrected chi connectivity index (χ1v) is 8.60. The van der Waals surface area contributed by atoms with E-state index in [1.165, 1.54) is 5.56 Å². The van der Waals surface area contributed by atoms with E-state index in [4.69, 9.17) is 0 Å². The van der Waals surface area contributed by atoms with Gasteiger partial charge in [0.2, 0.25) is 0 Å². The molecular formula is C19H20BrNO. The van der Waals surface area contributed by atoms with E-state index in [1.807, 2.05) is 29.2 Å². The molecule has 22 heavy (non-hydrogen) atoms. The third-order valence-corrected chi connectivity index (χ3v) is 4.89. The van der Waals surface area contributed by atoms with Gasteiger partial charge >= 0.3 is 0 Å². The summed E-state index contributed by atoms with van der Waals surface area (Å²) < 4.78 is 1.01. The minimum Gasteiger partial charge on any atom is -0.339 e. The number of carbonyl (C=O) groups is 1. The van der Waals surface area contributed by atoms with Crippen LogP contribution in [0.3, 0.4) is 0 Å². The monoisotopic (exact) mass is 357 g/mol. The molecule has 0 radical (unpaired) electrons. The molecule has 1 fully saturated rings. The Morgan fingerprint density at radius 3 is 2.27 bits per heavy atom. The molecule has 3 heteroatoms. The van der Waals surface area contributed by atoms with Crippen LogP contribution in [0.25, 0.3) is 0 Å². The largest absolute Gasteiger partial charge is 0.339 e. The highest BCUT2D eigenvalue weighted by Gasteiger charge is 2.23. The second-order valence-corrected chi connectivity index (χ2v) is 6.85. The number of amides is 1. The standard InChI is InChI=1S/C19H20BrNO/c20-18-8-6-17(7-9-18)19(22)21-12-10-16(11-13-21)14-15-4-2-1-3-5-15/h1-9,16H,10-14H2. The van der Waals surface area contributed by atoms with Crippen LogP contribution in [0.15, 0.2) is 59.1 Å². The van der Waals surface area contributed by atoms with Gasteiger partial charge in [-0.15, -0.1) is 0 Å². The molecular weight excluding hydrogens is 338 g/mol. The molecule has 2 aromatic rings. The normalized spacial score (nSPS) is 15.8. The lowest BCUT2D eigenvalue weighted by atomic mass is 9.90. The zero-order valence-corrected chi connectivity index (χ0v) is 14.1. The predicted molar refractivity (Wildman–Crippen MR) is 92.9 cm³/mol. The number of halogens is 1. The maximum absolute atomic E-state index is 12.5. The molecule has 2 aromatic carbocycles. The summed E-state index contributed by atoms with van der Waals surface area (Å²) in [5.74, 6) is 0.849. The Morgan fingerprint density at radius 2 is 1.64 bits per heavy atom. The zero-order chi connectivity index (χ0) is 15.4. The van der Waals surface area contributed by atoms with Gasteiger partial charge in [-0.3, -0.25) is 4.79 Å². The van der Waals surface area contributed by atoms with Crippen molar-refractivity contribution in [2.24, 2.45) is 5.92 Å². The zero-order valence-electron chi connectivity index (χ0n) is 12.5. The first-order valence-electron chi connectivity index (χ1n) is 7.81. The highest BCUT2D eigenvalue weighted by atomic mass is 79.9. The third-order valence-electron chi connectivity index (χ3n) is 4.36. The molecule has 0 spiro atoms. The molecule has 3 rings (SSSR count). The van der Waals surface area contributed by atoms with Crippen molar-refractivity contribution in [1.29, 1.82) is 0 Å². The first kappa shape index (κ1) is 15.3. The van der Waals surface area contributed by atoms with Crippen LogP contribution in [0.1, 0.15) is 28.8 Å². The lowest BCUT2D eigenvalue weighted by Crippen LogP contribution is -2.38. The van der Waals surface area contributed by atoms with E-state index in [0.717, 1.165) is 42.4 Å². The molecule has 1 aliphatic heterocycles. The summed E-state index contributed by atoms with van der Waals surface area (Å²) in [5.41, 5.74) is 2.19. The number of likely N-dealkylation sites (tertiary alicyclic amines) is 1. The van der Waals surface area contributed by atoms with Gasteiger partial charge in [0, 0.05) is 23.1 Å².